The topological polar surface area (TPSA) is 79.5 Å². The number of benzene rings is 3. The third-order valence-corrected chi connectivity index (χ3v) is 6.78. The molecule has 3 rings (SSSR count). The highest BCUT2D eigenvalue weighted by molar-refractivity contribution is 5.87. The molecule has 0 aliphatic heterocycles. The van der Waals surface area contributed by atoms with E-state index < -0.39 is 6.04 Å². The van der Waals surface area contributed by atoms with Gasteiger partial charge < -0.3 is 20.7 Å². The summed E-state index contributed by atoms with van der Waals surface area (Å²) in [6.07, 6.45) is 4.66. The highest BCUT2D eigenvalue weighted by atomic mass is 16.5. The molecule has 2 amide bonds. The molecular formula is C32H41N3O3. The van der Waals surface area contributed by atoms with Crippen LogP contribution in [0.2, 0.25) is 0 Å². The van der Waals surface area contributed by atoms with E-state index in [9.17, 15) is 9.59 Å². The lowest BCUT2D eigenvalue weighted by Crippen LogP contribution is -2.47. The molecule has 3 aromatic carbocycles. The van der Waals surface area contributed by atoms with Crippen LogP contribution in [0.25, 0.3) is 0 Å². The normalized spacial score (nSPS) is 12.3. The Labute approximate surface area is 227 Å². The summed E-state index contributed by atoms with van der Waals surface area (Å²) in [5.74, 6) is 0.742. The zero-order valence-electron chi connectivity index (χ0n) is 22.8. The summed E-state index contributed by atoms with van der Waals surface area (Å²) in [6, 6.07) is 25.8. The molecule has 3 N–H and O–H groups in total. The van der Waals surface area contributed by atoms with E-state index in [2.05, 4.69) is 59.3 Å². The van der Waals surface area contributed by atoms with Crippen LogP contribution in [0.3, 0.4) is 0 Å². The Morgan fingerprint density at radius 3 is 2.29 bits per heavy atom. The van der Waals surface area contributed by atoms with Crippen molar-refractivity contribution in [3.63, 3.8) is 0 Å². The van der Waals surface area contributed by atoms with Gasteiger partial charge in [-0.15, -0.1) is 0 Å². The van der Waals surface area contributed by atoms with E-state index in [0.717, 1.165) is 49.2 Å². The Balaban J connectivity index is 1.54. The van der Waals surface area contributed by atoms with Crippen LogP contribution in [-0.4, -0.2) is 32.0 Å². The summed E-state index contributed by atoms with van der Waals surface area (Å²) in [5, 5.41) is 9.16. The van der Waals surface area contributed by atoms with Gasteiger partial charge in [-0.1, -0.05) is 74.4 Å². The Bertz CT molecular complexity index is 1130. The summed E-state index contributed by atoms with van der Waals surface area (Å²) in [7, 11) is 3.22. The first kappa shape index (κ1) is 28.8. The maximum atomic E-state index is 13.0. The van der Waals surface area contributed by atoms with Crippen LogP contribution in [0.1, 0.15) is 49.3 Å². The van der Waals surface area contributed by atoms with Crippen molar-refractivity contribution in [2.24, 2.45) is 5.92 Å². The van der Waals surface area contributed by atoms with Crippen LogP contribution in [0.15, 0.2) is 78.9 Å². The van der Waals surface area contributed by atoms with Crippen molar-refractivity contribution in [1.82, 2.24) is 10.6 Å². The quantitative estimate of drug-likeness (QED) is 0.249. The standard InChI is InChI=1S/C32H41N3O3/c1-4-9-24(14-15-25-12-8-13-28(20-25)34-23-27-10-6-5-7-11-27)22-31(36)35-30(32(37)33-2)21-26-16-18-29(38-3)19-17-26/h5-8,10-13,16-20,24,30,34H,4,9,14-15,21-23H2,1-3H3,(H,33,37)(H,35,36). The summed E-state index contributed by atoms with van der Waals surface area (Å²) in [5.41, 5.74) is 4.56. The fourth-order valence-electron chi connectivity index (χ4n) is 4.66. The van der Waals surface area contributed by atoms with Crippen LogP contribution in [0, 0.1) is 5.92 Å². The molecule has 0 saturated carbocycles. The second-order valence-corrected chi connectivity index (χ2v) is 9.72. The molecule has 0 heterocycles. The van der Waals surface area contributed by atoms with Gasteiger partial charge in [-0.25, -0.2) is 0 Å². The van der Waals surface area contributed by atoms with Gasteiger partial charge in [0.2, 0.25) is 11.8 Å². The molecule has 0 aliphatic carbocycles. The van der Waals surface area contributed by atoms with Crippen LogP contribution >= 0.6 is 0 Å². The lowest BCUT2D eigenvalue weighted by molar-refractivity contribution is -0.129. The number of hydrogen-bond donors (Lipinski definition) is 3. The first-order valence-electron chi connectivity index (χ1n) is 13.5. The smallest absolute Gasteiger partial charge is 0.242 e. The molecule has 6 nitrogen and oxygen atoms in total. The number of ether oxygens (including phenoxy) is 1. The largest absolute Gasteiger partial charge is 0.497 e. The molecule has 0 saturated heterocycles. The number of carbonyl (C=O) groups excluding carboxylic acids is 2. The minimum Gasteiger partial charge on any atom is -0.497 e. The molecule has 202 valence electrons. The second kappa shape index (κ2) is 15.5. The predicted octanol–water partition coefficient (Wildman–Crippen LogP) is 5.52. The Morgan fingerprint density at radius 1 is 0.868 bits per heavy atom. The molecule has 2 atom stereocenters. The molecule has 2 unspecified atom stereocenters. The summed E-state index contributed by atoms with van der Waals surface area (Å²) in [6.45, 7) is 2.93. The Morgan fingerprint density at radius 2 is 1.61 bits per heavy atom. The maximum absolute atomic E-state index is 13.0. The van der Waals surface area contributed by atoms with Gasteiger partial charge >= 0.3 is 0 Å². The van der Waals surface area contributed by atoms with E-state index in [-0.39, 0.29) is 17.7 Å². The van der Waals surface area contributed by atoms with E-state index in [0.29, 0.717) is 12.8 Å². The third kappa shape index (κ3) is 9.58. The third-order valence-electron chi connectivity index (χ3n) is 6.78. The van der Waals surface area contributed by atoms with Gasteiger partial charge in [0, 0.05) is 32.1 Å². The van der Waals surface area contributed by atoms with E-state index in [1.54, 1.807) is 14.2 Å². The summed E-state index contributed by atoms with van der Waals surface area (Å²) in [4.78, 5) is 25.5. The first-order chi connectivity index (χ1) is 18.5. The highest BCUT2D eigenvalue weighted by Crippen LogP contribution is 2.21. The Hall–Kier alpha value is -3.80. The van der Waals surface area contributed by atoms with Gasteiger partial charge in [0.15, 0.2) is 0 Å². The van der Waals surface area contributed by atoms with Crippen LogP contribution < -0.4 is 20.7 Å². The van der Waals surface area contributed by atoms with Crippen molar-refractivity contribution in [1.29, 1.82) is 0 Å². The van der Waals surface area contributed by atoms with Gasteiger partial charge in [0.1, 0.15) is 11.8 Å². The van der Waals surface area contributed by atoms with Crippen molar-refractivity contribution in [2.45, 2.75) is 58.0 Å². The highest BCUT2D eigenvalue weighted by Gasteiger charge is 2.22. The molecule has 38 heavy (non-hydrogen) atoms. The number of hydrogen-bond acceptors (Lipinski definition) is 4. The summed E-state index contributed by atoms with van der Waals surface area (Å²) >= 11 is 0. The van der Waals surface area contributed by atoms with Gasteiger partial charge in [0.25, 0.3) is 0 Å². The van der Waals surface area contributed by atoms with Crippen molar-refractivity contribution in [2.75, 3.05) is 19.5 Å². The number of aryl methyl sites for hydroxylation is 1. The summed E-state index contributed by atoms with van der Waals surface area (Å²) < 4.78 is 5.21. The van der Waals surface area contributed by atoms with Crippen molar-refractivity contribution < 1.29 is 14.3 Å². The fourth-order valence-corrected chi connectivity index (χ4v) is 4.66. The van der Waals surface area contributed by atoms with E-state index >= 15 is 0 Å². The molecule has 0 spiro atoms. The zero-order valence-corrected chi connectivity index (χ0v) is 22.8. The number of amides is 2. The fraction of sp³-hybridized carbons (Fsp3) is 0.375. The minimum atomic E-state index is -0.615. The monoisotopic (exact) mass is 515 g/mol. The van der Waals surface area contributed by atoms with E-state index in [1.807, 2.05) is 42.5 Å². The van der Waals surface area contributed by atoms with Crippen molar-refractivity contribution in [3.8, 4) is 5.75 Å². The average Bonchev–Trinajstić information content (AvgIpc) is 2.95. The van der Waals surface area contributed by atoms with Crippen molar-refractivity contribution in [3.05, 3.63) is 95.6 Å². The second-order valence-electron chi connectivity index (χ2n) is 9.72. The van der Waals surface area contributed by atoms with Gasteiger partial charge in [0.05, 0.1) is 7.11 Å². The number of methoxy groups -OCH3 is 1. The number of nitrogens with one attached hydrogen (secondary N) is 3. The van der Waals surface area contributed by atoms with E-state index in [1.165, 1.54) is 11.1 Å². The molecular weight excluding hydrogens is 474 g/mol. The van der Waals surface area contributed by atoms with Crippen molar-refractivity contribution >= 4 is 17.5 Å². The lowest BCUT2D eigenvalue weighted by atomic mass is 9.91. The zero-order chi connectivity index (χ0) is 27.2. The van der Waals surface area contributed by atoms with Crippen LogP contribution in [0.4, 0.5) is 5.69 Å². The first-order valence-corrected chi connectivity index (χ1v) is 13.5. The van der Waals surface area contributed by atoms with Crippen LogP contribution in [-0.2, 0) is 29.0 Å². The van der Waals surface area contributed by atoms with Gasteiger partial charge in [-0.05, 0) is 59.7 Å². The molecule has 3 aromatic rings. The minimum absolute atomic E-state index is 0.0798. The number of likely N-dealkylation sites (N-methyl/N-ethyl adjacent to an activating group) is 1. The van der Waals surface area contributed by atoms with Gasteiger partial charge in [-0.3, -0.25) is 9.59 Å². The van der Waals surface area contributed by atoms with Gasteiger partial charge in [-0.2, -0.15) is 0 Å². The molecule has 0 fully saturated rings. The number of rotatable bonds is 15. The molecule has 0 aromatic heterocycles. The Kier molecular flexibility index (Phi) is 11.7. The SMILES string of the molecule is CCCC(CCc1cccc(NCc2ccccc2)c1)CC(=O)NC(Cc1ccc(OC)cc1)C(=O)NC. The molecule has 6 heteroatoms. The molecule has 0 radical (unpaired) electrons. The van der Waals surface area contributed by atoms with E-state index in [4.69, 9.17) is 4.74 Å². The maximum Gasteiger partial charge on any atom is 0.242 e. The lowest BCUT2D eigenvalue weighted by Gasteiger charge is -2.21. The molecule has 0 aliphatic rings. The number of carbonyl (C=O) groups is 2. The average molecular weight is 516 g/mol. The van der Waals surface area contributed by atoms with Crippen LogP contribution in [0.5, 0.6) is 5.75 Å². The number of anilines is 1. The predicted molar refractivity (Wildman–Crippen MR) is 154 cm³/mol. The molecule has 0 bridgehead atoms.